The Hall–Kier alpha value is -2.66. The Morgan fingerprint density at radius 3 is 2.90 bits per heavy atom. The first kappa shape index (κ1) is 12.4. The number of nitrogens with two attached hydrogens (primary N) is 2. The molecule has 0 aliphatic rings. The Labute approximate surface area is 115 Å². The molecule has 20 heavy (non-hydrogen) atoms. The van der Waals surface area contributed by atoms with Gasteiger partial charge in [-0.3, -0.25) is 14.3 Å². The molecular weight excluding hydrogens is 252 g/mol. The smallest absolute Gasteiger partial charge is 0.262 e. The highest BCUT2D eigenvalue weighted by atomic mass is 16.2. The van der Waals surface area contributed by atoms with Crippen LogP contribution < -0.4 is 11.5 Å². The summed E-state index contributed by atoms with van der Waals surface area (Å²) in [6.07, 6.45) is 3.32. The number of pyridine rings is 1. The molecular formula is C15H14N4O. The molecule has 0 amide bonds. The Bertz CT molecular complexity index is 791. The zero-order valence-electron chi connectivity index (χ0n) is 10.8. The van der Waals surface area contributed by atoms with Crippen molar-refractivity contribution in [1.82, 2.24) is 9.55 Å². The summed E-state index contributed by atoms with van der Waals surface area (Å²) in [5.74, 6) is -0.122. The second-order valence-corrected chi connectivity index (χ2v) is 4.51. The van der Waals surface area contributed by atoms with Gasteiger partial charge < -0.3 is 11.5 Å². The topological polar surface area (TPSA) is 86.9 Å². The number of carbonyl (C=O) groups is 1. The average Bonchev–Trinajstić information content (AvgIpc) is 2.92. The van der Waals surface area contributed by atoms with Crippen LogP contribution in [0.3, 0.4) is 0 Å². The van der Waals surface area contributed by atoms with Crippen LogP contribution in [0.15, 0.2) is 48.8 Å². The highest BCUT2D eigenvalue weighted by Crippen LogP contribution is 2.22. The van der Waals surface area contributed by atoms with Gasteiger partial charge in [0, 0.05) is 35.6 Å². The van der Waals surface area contributed by atoms with Crippen LogP contribution in [0.2, 0.25) is 0 Å². The summed E-state index contributed by atoms with van der Waals surface area (Å²) in [5, 5.41) is 0.869. The molecule has 3 aromatic rings. The van der Waals surface area contributed by atoms with Gasteiger partial charge >= 0.3 is 0 Å². The van der Waals surface area contributed by atoms with Gasteiger partial charge in [0.1, 0.15) is 0 Å². The lowest BCUT2D eigenvalue weighted by atomic mass is 10.2. The third-order valence-electron chi connectivity index (χ3n) is 3.26. The monoisotopic (exact) mass is 266 g/mol. The van der Waals surface area contributed by atoms with Crippen LogP contribution in [0.5, 0.6) is 0 Å². The van der Waals surface area contributed by atoms with E-state index in [-0.39, 0.29) is 5.91 Å². The van der Waals surface area contributed by atoms with E-state index < -0.39 is 0 Å². The standard InChI is InChI=1S/C15H14N4O/c16-9-11-8-10(4-6-18-11)15(20)19-7-5-12-13(17)2-1-3-14(12)19/h1-8H,9,16-17H2. The van der Waals surface area contributed by atoms with Gasteiger partial charge in [0.25, 0.3) is 5.91 Å². The number of hydrogen-bond acceptors (Lipinski definition) is 4. The first-order chi connectivity index (χ1) is 9.70. The van der Waals surface area contributed by atoms with Crippen LogP contribution in [0, 0.1) is 0 Å². The lowest BCUT2D eigenvalue weighted by Gasteiger charge is -2.06. The van der Waals surface area contributed by atoms with Crippen molar-refractivity contribution in [1.29, 1.82) is 0 Å². The molecule has 0 aliphatic heterocycles. The lowest BCUT2D eigenvalue weighted by molar-refractivity contribution is 0.0965. The fourth-order valence-corrected chi connectivity index (χ4v) is 2.23. The quantitative estimate of drug-likeness (QED) is 0.692. The Morgan fingerprint density at radius 1 is 1.25 bits per heavy atom. The summed E-state index contributed by atoms with van der Waals surface area (Å²) >= 11 is 0. The van der Waals surface area contributed by atoms with Crippen molar-refractivity contribution in [3.05, 3.63) is 60.0 Å². The first-order valence-corrected chi connectivity index (χ1v) is 6.26. The maximum atomic E-state index is 12.6. The van der Waals surface area contributed by atoms with Gasteiger partial charge in [0.05, 0.1) is 11.2 Å². The predicted molar refractivity (Wildman–Crippen MR) is 78.2 cm³/mol. The molecule has 0 bridgehead atoms. The summed E-state index contributed by atoms with van der Waals surface area (Å²) in [5.41, 5.74) is 14.1. The zero-order chi connectivity index (χ0) is 14.1. The van der Waals surface area contributed by atoms with Crippen molar-refractivity contribution < 1.29 is 4.79 Å². The molecule has 0 atom stereocenters. The van der Waals surface area contributed by atoms with Crippen LogP contribution in [-0.4, -0.2) is 15.5 Å². The van der Waals surface area contributed by atoms with Crippen molar-refractivity contribution in [2.75, 3.05) is 5.73 Å². The Kier molecular flexibility index (Phi) is 2.96. The summed E-state index contributed by atoms with van der Waals surface area (Å²) in [6.45, 7) is 0.306. The second kappa shape index (κ2) is 4.79. The lowest BCUT2D eigenvalue weighted by Crippen LogP contribution is -2.12. The van der Waals surface area contributed by atoms with Gasteiger partial charge in [-0.05, 0) is 30.3 Å². The number of aromatic nitrogens is 2. The van der Waals surface area contributed by atoms with Crippen molar-refractivity contribution in [2.45, 2.75) is 6.54 Å². The van der Waals surface area contributed by atoms with Crippen molar-refractivity contribution in [3.8, 4) is 0 Å². The van der Waals surface area contributed by atoms with E-state index in [2.05, 4.69) is 4.98 Å². The van der Waals surface area contributed by atoms with Gasteiger partial charge in [-0.2, -0.15) is 0 Å². The number of nitrogen functional groups attached to an aromatic ring is 1. The van der Waals surface area contributed by atoms with E-state index in [1.54, 1.807) is 29.1 Å². The maximum Gasteiger partial charge on any atom is 0.262 e. The number of rotatable bonds is 2. The summed E-state index contributed by atoms with van der Waals surface area (Å²) in [4.78, 5) is 16.6. The predicted octanol–water partition coefficient (Wildman–Crippen LogP) is 1.77. The maximum absolute atomic E-state index is 12.6. The zero-order valence-corrected chi connectivity index (χ0v) is 10.8. The van der Waals surface area contributed by atoms with E-state index in [0.29, 0.717) is 23.5 Å². The summed E-state index contributed by atoms with van der Waals surface area (Å²) < 4.78 is 1.58. The minimum absolute atomic E-state index is 0.122. The number of carbonyl (C=O) groups excluding carboxylic acids is 1. The minimum atomic E-state index is -0.122. The number of hydrogen-bond donors (Lipinski definition) is 2. The highest BCUT2D eigenvalue weighted by Gasteiger charge is 2.12. The molecule has 3 rings (SSSR count). The van der Waals surface area contributed by atoms with E-state index in [1.165, 1.54) is 0 Å². The van der Waals surface area contributed by atoms with E-state index in [1.807, 2.05) is 24.3 Å². The summed E-state index contributed by atoms with van der Waals surface area (Å²) in [7, 11) is 0. The number of fused-ring (bicyclic) bond motifs is 1. The Balaban J connectivity index is 2.10. The molecule has 0 unspecified atom stereocenters. The fraction of sp³-hybridized carbons (Fsp3) is 0.0667. The van der Waals surface area contributed by atoms with Crippen LogP contribution in [0.4, 0.5) is 5.69 Å². The molecule has 0 radical (unpaired) electrons. The normalized spacial score (nSPS) is 10.8. The molecule has 2 aromatic heterocycles. The molecule has 2 heterocycles. The van der Waals surface area contributed by atoms with Gasteiger partial charge in [-0.15, -0.1) is 0 Å². The second-order valence-electron chi connectivity index (χ2n) is 4.51. The van der Waals surface area contributed by atoms with Crippen LogP contribution in [-0.2, 0) is 6.54 Å². The average molecular weight is 266 g/mol. The molecule has 100 valence electrons. The van der Waals surface area contributed by atoms with E-state index >= 15 is 0 Å². The molecule has 0 aliphatic carbocycles. The fourth-order valence-electron chi connectivity index (χ4n) is 2.23. The third kappa shape index (κ3) is 1.94. The minimum Gasteiger partial charge on any atom is -0.398 e. The molecule has 5 heteroatoms. The molecule has 0 fully saturated rings. The first-order valence-electron chi connectivity index (χ1n) is 6.26. The van der Waals surface area contributed by atoms with Crippen LogP contribution in [0.25, 0.3) is 10.9 Å². The molecule has 0 saturated carbocycles. The van der Waals surface area contributed by atoms with E-state index in [0.717, 1.165) is 10.9 Å². The molecule has 0 spiro atoms. The summed E-state index contributed by atoms with van der Waals surface area (Å²) in [6, 6.07) is 10.7. The highest BCUT2D eigenvalue weighted by molar-refractivity contribution is 6.04. The molecule has 1 aromatic carbocycles. The number of nitrogens with zero attached hydrogens (tertiary/aromatic N) is 2. The van der Waals surface area contributed by atoms with Crippen molar-refractivity contribution in [2.24, 2.45) is 5.73 Å². The largest absolute Gasteiger partial charge is 0.398 e. The van der Waals surface area contributed by atoms with Gasteiger partial charge in [0.2, 0.25) is 0 Å². The SMILES string of the molecule is NCc1cc(C(=O)n2ccc3c(N)cccc32)ccn1. The van der Waals surface area contributed by atoms with Crippen LogP contribution >= 0.6 is 0 Å². The van der Waals surface area contributed by atoms with E-state index in [9.17, 15) is 4.79 Å². The number of benzene rings is 1. The number of anilines is 1. The van der Waals surface area contributed by atoms with Gasteiger partial charge in [0.15, 0.2) is 0 Å². The van der Waals surface area contributed by atoms with Crippen molar-refractivity contribution in [3.63, 3.8) is 0 Å². The molecule has 4 N–H and O–H groups in total. The van der Waals surface area contributed by atoms with Crippen LogP contribution in [0.1, 0.15) is 16.1 Å². The molecule has 0 saturated heterocycles. The van der Waals surface area contributed by atoms with E-state index in [4.69, 9.17) is 11.5 Å². The Morgan fingerprint density at radius 2 is 2.10 bits per heavy atom. The van der Waals surface area contributed by atoms with Gasteiger partial charge in [-0.25, -0.2) is 0 Å². The molecule has 5 nitrogen and oxygen atoms in total. The third-order valence-corrected chi connectivity index (χ3v) is 3.26. The van der Waals surface area contributed by atoms with Crippen molar-refractivity contribution >= 4 is 22.5 Å². The van der Waals surface area contributed by atoms with Gasteiger partial charge in [-0.1, -0.05) is 6.07 Å².